The molecule has 1 saturated heterocycles. The summed E-state index contributed by atoms with van der Waals surface area (Å²) in [5.74, 6) is -4.03. The summed E-state index contributed by atoms with van der Waals surface area (Å²) in [6.45, 7) is 0.00285. The van der Waals surface area contributed by atoms with Gasteiger partial charge in [-0.15, -0.1) is 0 Å². The van der Waals surface area contributed by atoms with Crippen LogP contribution in [0.25, 0.3) is 0 Å². The largest absolute Gasteiger partial charge is 0.550 e. The third-order valence-corrected chi connectivity index (χ3v) is 3.89. The zero-order chi connectivity index (χ0) is 15.0. The molecule has 0 radical (unpaired) electrons. The van der Waals surface area contributed by atoms with Gasteiger partial charge < -0.3 is 20.0 Å². The molecule has 1 amide bonds. The van der Waals surface area contributed by atoms with Gasteiger partial charge in [-0.05, 0) is 6.07 Å². The highest BCUT2D eigenvalue weighted by Gasteiger charge is 2.50. The van der Waals surface area contributed by atoms with Gasteiger partial charge in [0.1, 0.15) is 5.82 Å². The zero-order valence-corrected chi connectivity index (χ0v) is 11.0. The topological polar surface area (TPSA) is 78.5 Å². The molecule has 0 unspecified atom stereocenters. The molecule has 2 aliphatic heterocycles. The SMILES string of the molecule is O=C([O-])[C@@H]1[C@@H](C(=O)NCc2ccccc2F)[C@H]2C=C[C@@H]1O2. The summed E-state index contributed by atoms with van der Waals surface area (Å²) < 4.78 is 18.9. The second-order valence-corrected chi connectivity index (χ2v) is 5.13. The van der Waals surface area contributed by atoms with Crippen LogP contribution in [0.15, 0.2) is 36.4 Å². The summed E-state index contributed by atoms with van der Waals surface area (Å²) in [7, 11) is 0. The fourth-order valence-corrected chi connectivity index (χ4v) is 2.84. The molecule has 2 heterocycles. The maximum absolute atomic E-state index is 13.5. The van der Waals surface area contributed by atoms with Crippen molar-refractivity contribution in [2.24, 2.45) is 11.8 Å². The van der Waals surface area contributed by atoms with Crippen LogP contribution in [0.5, 0.6) is 0 Å². The molecule has 5 nitrogen and oxygen atoms in total. The number of amides is 1. The van der Waals surface area contributed by atoms with Gasteiger partial charge in [0.15, 0.2) is 0 Å². The van der Waals surface area contributed by atoms with Crippen LogP contribution in [0.1, 0.15) is 5.56 Å². The van der Waals surface area contributed by atoms with Crippen LogP contribution in [0.2, 0.25) is 0 Å². The number of nitrogens with one attached hydrogen (secondary N) is 1. The van der Waals surface area contributed by atoms with Crippen LogP contribution < -0.4 is 10.4 Å². The van der Waals surface area contributed by atoms with Crippen molar-refractivity contribution in [2.75, 3.05) is 0 Å². The lowest BCUT2D eigenvalue weighted by molar-refractivity contribution is -0.313. The summed E-state index contributed by atoms with van der Waals surface area (Å²) >= 11 is 0. The molecule has 0 aliphatic carbocycles. The van der Waals surface area contributed by atoms with Gasteiger partial charge >= 0.3 is 0 Å². The Kier molecular flexibility index (Phi) is 3.47. The van der Waals surface area contributed by atoms with Crippen molar-refractivity contribution in [3.63, 3.8) is 0 Å². The van der Waals surface area contributed by atoms with Crippen LogP contribution in [0, 0.1) is 17.7 Å². The Morgan fingerprint density at radius 2 is 1.86 bits per heavy atom. The molecule has 1 aromatic carbocycles. The molecule has 4 atom stereocenters. The number of carbonyl (C=O) groups excluding carboxylic acids is 2. The Balaban J connectivity index is 1.69. The number of rotatable bonds is 4. The Morgan fingerprint density at radius 3 is 2.52 bits per heavy atom. The fraction of sp³-hybridized carbons (Fsp3) is 0.333. The number of carbonyl (C=O) groups is 2. The van der Waals surface area contributed by atoms with Crippen molar-refractivity contribution in [1.82, 2.24) is 5.32 Å². The van der Waals surface area contributed by atoms with E-state index in [9.17, 15) is 19.1 Å². The highest BCUT2D eigenvalue weighted by molar-refractivity contribution is 5.86. The van der Waals surface area contributed by atoms with E-state index in [0.717, 1.165) is 0 Å². The van der Waals surface area contributed by atoms with Gasteiger partial charge in [-0.25, -0.2) is 4.39 Å². The highest BCUT2D eigenvalue weighted by Crippen LogP contribution is 2.38. The predicted octanol–water partition coefficient (Wildman–Crippen LogP) is -0.239. The molecular weight excluding hydrogens is 277 g/mol. The van der Waals surface area contributed by atoms with E-state index < -0.39 is 41.7 Å². The average Bonchev–Trinajstić information content (AvgIpc) is 3.06. The first kappa shape index (κ1) is 13.8. The first-order valence-electron chi connectivity index (χ1n) is 6.63. The van der Waals surface area contributed by atoms with Crippen LogP contribution in [-0.4, -0.2) is 24.1 Å². The predicted molar refractivity (Wildman–Crippen MR) is 68.0 cm³/mol. The van der Waals surface area contributed by atoms with E-state index in [1.165, 1.54) is 6.07 Å². The number of aliphatic carboxylic acids is 1. The molecule has 1 aromatic rings. The van der Waals surface area contributed by atoms with E-state index in [-0.39, 0.29) is 6.54 Å². The van der Waals surface area contributed by atoms with Crippen LogP contribution in [0.3, 0.4) is 0 Å². The number of carboxylic acid groups (broad SMARTS) is 1. The Hall–Kier alpha value is -2.21. The number of benzene rings is 1. The Labute approximate surface area is 120 Å². The van der Waals surface area contributed by atoms with Gasteiger partial charge in [0.25, 0.3) is 0 Å². The minimum absolute atomic E-state index is 0.00285. The maximum Gasteiger partial charge on any atom is 0.227 e. The zero-order valence-electron chi connectivity index (χ0n) is 11.0. The molecule has 1 fully saturated rings. The van der Waals surface area contributed by atoms with Gasteiger partial charge in [-0.2, -0.15) is 0 Å². The van der Waals surface area contributed by atoms with Gasteiger partial charge in [-0.1, -0.05) is 30.4 Å². The lowest BCUT2D eigenvalue weighted by atomic mass is 9.82. The summed E-state index contributed by atoms with van der Waals surface area (Å²) in [6, 6.07) is 6.08. The maximum atomic E-state index is 13.5. The highest BCUT2D eigenvalue weighted by atomic mass is 19.1. The number of hydrogen-bond donors (Lipinski definition) is 1. The van der Waals surface area contributed by atoms with E-state index in [4.69, 9.17) is 4.74 Å². The minimum atomic E-state index is -1.31. The molecule has 110 valence electrons. The van der Waals surface area contributed by atoms with Crippen molar-refractivity contribution in [1.29, 1.82) is 0 Å². The first-order valence-corrected chi connectivity index (χ1v) is 6.63. The minimum Gasteiger partial charge on any atom is -0.550 e. The van der Waals surface area contributed by atoms with Gasteiger partial charge in [0, 0.05) is 24.0 Å². The molecule has 6 heteroatoms. The molecule has 1 N–H and O–H groups in total. The summed E-state index contributed by atoms with van der Waals surface area (Å²) in [5, 5.41) is 13.7. The summed E-state index contributed by atoms with van der Waals surface area (Å²) in [4.78, 5) is 23.4. The number of fused-ring (bicyclic) bond motifs is 2. The van der Waals surface area contributed by atoms with Gasteiger partial charge in [-0.3, -0.25) is 4.79 Å². The van der Waals surface area contributed by atoms with E-state index in [1.807, 2.05) is 0 Å². The molecular formula is C15H13FNO4-. The second kappa shape index (κ2) is 5.29. The fourth-order valence-electron chi connectivity index (χ4n) is 2.84. The molecule has 21 heavy (non-hydrogen) atoms. The number of halogens is 1. The van der Waals surface area contributed by atoms with Gasteiger partial charge in [0.2, 0.25) is 5.91 Å². The standard InChI is InChI=1S/C15H14FNO4/c16-9-4-2-1-3-8(9)7-17-14(18)12-10-5-6-11(21-10)13(12)15(19)20/h1-6,10-13H,7H2,(H,17,18)(H,19,20)/p-1/t10-,11+,12+,13+/m1/s1. The van der Waals surface area contributed by atoms with Crippen LogP contribution in [0.4, 0.5) is 4.39 Å². The van der Waals surface area contributed by atoms with Crippen molar-refractivity contribution in [3.8, 4) is 0 Å². The lowest BCUT2D eigenvalue weighted by Gasteiger charge is -2.25. The Bertz CT molecular complexity index is 615. The van der Waals surface area contributed by atoms with Crippen molar-refractivity contribution in [3.05, 3.63) is 47.8 Å². The van der Waals surface area contributed by atoms with Gasteiger partial charge in [0.05, 0.1) is 18.1 Å². The average molecular weight is 290 g/mol. The van der Waals surface area contributed by atoms with E-state index in [1.54, 1.807) is 30.4 Å². The van der Waals surface area contributed by atoms with Crippen molar-refractivity contribution >= 4 is 11.9 Å². The molecule has 0 spiro atoms. The lowest BCUT2D eigenvalue weighted by Crippen LogP contribution is -2.46. The number of ether oxygens (including phenoxy) is 1. The monoisotopic (exact) mass is 290 g/mol. The van der Waals surface area contributed by atoms with E-state index in [0.29, 0.717) is 5.56 Å². The summed E-state index contributed by atoms with van der Waals surface area (Å²) in [6.07, 6.45) is 2.13. The Morgan fingerprint density at radius 1 is 1.19 bits per heavy atom. The molecule has 0 saturated carbocycles. The quantitative estimate of drug-likeness (QED) is 0.776. The smallest absolute Gasteiger partial charge is 0.227 e. The number of hydrogen-bond acceptors (Lipinski definition) is 4. The third kappa shape index (κ3) is 2.42. The van der Waals surface area contributed by atoms with Crippen LogP contribution >= 0.6 is 0 Å². The van der Waals surface area contributed by atoms with Crippen molar-refractivity contribution < 1.29 is 23.8 Å². The summed E-state index contributed by atoms with van der Waals surface area (Å²) in [5.41, 5.74) is 0.343. The molecule has 3 rings (SSSR count). The molecule has 0 aromatic heterocycles. The van der Waals surface area contributed by atoms with Crippen LogP contribution in [-0.2, 0) is 20.9 Å². The molecule has 2 bridgehead atoms. The van der Waals surface area contributed by atoms with E-state index in [2.05, 4.69) is 5.32 Å². The third-order valence-electron chi connectivity index (χ3n) is 3.89. The van der Waals surface area contributed by atoms with Crippen molar-refractivity contribution in [2.45, 2.75) is 18.8 Å². The second-order valence-electron chi connectivity index (χ2n) is 5.13. The first-order chi connectivity index (χ1) is 10.1. The number of carboxylic acids is 1. The van der Waals surface area contributed by atoms with E-state index >= 15 is 0 Å². The molecule has 2 aliphatic rings. The normalized spacial score (nSPS) is 29.6.